The molecule has 0 saturated carbocycles. The quantitative estimate of drug-likeness (QED) is 0.904. The van der Waals surface area contributed by atoms with Crippen LogP contribution < -0.4 is 10.2 Å². The van der Waals surface area contributed by atoms with Gasteiger partial charge in [-0.25, -0.2) is 4.79 Å². The summed E-state index contributed by atoms with van der Waals surface area (Å²) in [4.78, 5) is 16.4. The molecular formula is C17H22ClN3O2. The van der Waals surface area contributed by atoms with E-state index in [-0.39, 0.29) is 6.03 Å². The number of hydrogen-bond donors (Lipinski definition) is 1. The average Bonchev–Trinajstić information content (AvgIpc) is 2.61. The van der Waals surface area contributed by atoms with Crippen LogP contribution in [-0.2, 0) is 4.74 Å². The van der Waals surface area contributed by atoms with Crippen molar-refractivity contribution >= 4 is 23.3 Å². The van der Waals surface area contributed by atoms with E-state index in [1.807, 2.05) is 29.3 Å². The van der Waals surface area contributed by atoms with Crippen LogP contribution >= 0.6 is 11.6 Å². The van der Waals surface area contributed by atoms with Gasteiger partial charge in [0.1, 0.15) is 0 Å². The Balaban J connectivity index is 1.49. The van der Waals surface area contributed by atoms with Gasteiger partial charge in [-0.15, -0.1) is 0 Å². The van der Waals surface area contributed by atoms with Gasteiger partial charge in [0.25, 0.3) is 0 Å². The van der Waals surface area contributed by atoms with E-state index in [0.717, 1.165) is 49.9 Å². The topological polar surface area (TPSA) is 44.8 Å². The van der Waals surface area contributed by atoms with Crippen molar-refractivity contribution in [1.82, 2.24) is 10.2 Å². The van der Waals surface area contributed by atoms with Crippen molar-refractivity contribution in [2.24, 2.45) is 0 Å². The molecule has 2 fully saturated rings. The van der Waals surface area contributed by atoms with Gasteiger partial charge in [-0.2, -0.15) is 0 Å². The molecule has 0 spiro atoms. The molecule has 0 atom stereocenters. The molecule has 0 aliphatic carbocycles. The molecule has 2 amide bonds. The molecular weight excluding hydrogens is 314 g/mol. The molecule has 2 saturated heterocycles. The lowest BCUT2D eigenvalue weighted by Gasteiger charge is -2.36. The normalized spacial score (nSPS) is 18.7. The number of anilines is 1. The Morgan fingerprint density at radius 1 is 1.17 bits per heavy atom. The van der Waals surface area contributed by atoms with E-state index in [2.05, 4.69) is 16.3 Å². The number of benzene rings is 1. The number of carbonyl (C=O) groups excluding carboxylic acids is 1. The molecule has 2 heterocycles. The van der Waals surface area contributed by atoms with Gasteiger partial charge in [0.2, 0.25) is 0 Å². The number of nitrogens with zero attached hydrogens (tertiary/aromatic N) is 2. The zero-order valence-corrected chi connectivity index (χ0v) is 13.9. The smallest absolute Gasteiger partial charge is 0.321 e. The Hall–Kier alpha value is -1.72. The number of halogens is 1. The van der Waals surface area contributed by atoms with E-state index in [1.54, 1.807) is 0 Å². The van der Waals surface area contributed by atoms with Gasteiger partial charge in [-0.3, -0.25) is 0 Å². The van der Waals surface area contributed by atoms with E-state index >= 15 is 0 Å². The predicted molar refractivity (Wildman–Crippen MR) is 91.9 cm³/mol. The second kappa shape index (κ2) is 7.70. The maximum Gasteiger partial charge on any atom is 0.321 e. The molecule has 3 rings (SSSR count). The van der Waals surface area contributed by atoms with Crippen LogP contribution in [-0.4, -0.2) is 50.3 Å². The van der Waals surface area contributed by atoms with Gasteiger partial charge < -0.3 is 19.9 Å². The number of nitrogens with one attached hydrogen (secondary N) is 1. The van der Waals surface area contributed by atoms with Crippen molar-refractivity contribution in [2.45, 2.75) is 12.8 Å². The molecule has 1 aromatic rings. The van der Waals surface area contributed by atoms with Gasteiger partial charge in [0.15, 0.2) is 0 Å². The molecule has 6 heteroatoms. The van der Waals surface area contributed by atoms with Crippen LogP contribution in [0.2, 0.25) is 5.02 Å². The lowest BCUT2D eigenvalue weighted by molar-refractivity contribution is 0.118. The van der Waals surface area contributed by atoms with Crippen molar-refractivity contribution < 1.29 is 9.53 Å². The predicted octanol–water partition coefficient (Wildman–Crippen LogP) is 2.87. The highest BCUT2D eigenvalue weighted by molar-refractivity contribution is 6.30. The third-order valence-corrected chi connectivity index (χ3v) is 4.51. The van der Waals surface area contributed by atoms with Crippen LogP contribution in [0.5, 0.6) is 0 Å². The maximum atomic E-state index is 12.2. The molecule has 1 N–H and O–H groups in total. The Morgan fingerprint density at radius 2 is 1.91 bits per heavy atom. The lowest BCUT2D eigenvalue weighted by Crippen LogP contribution is -2.51. The fourth-order valence-corrected chi connectivity index (χ4v) is 3.06. The van der Waals surface area contributed by atoms with Crippen LogP contribution in [0.25, 0.3) is 0 Å². The summed E-state index contributed by atoms with van der Waals surface area (Å²) in [7, 11) is 0. The summed E-state index contributed by atoms with van der Waals surface area (Å²) < 4.78 is 5.31. The molecule has 0 bridgehead atoms. The Morgan fingerprint density at radius 3 is 2.61 bits per heavy atom. The SMILES string of the molecule is O=C(NC=C1CCOCC1)N1CCN(c2cccc(Cl)c2)CC1. The third kappa shape index (κ3) is 4.39. The first-order valence-corrected chi connectivity index (χ1v) is 8.42. The molecule has 5 nitrogen and oxygen atoms in total. The van der Waals surface area contributed by atoms with Crippen molar-refractivity contribution in [3.8, 4) is 0 Å². The first kappa shape index (κ1) is 16.1. The van der Waals surface area contributed by atoms with E-state index in [4.69, 9.17) is 16.3 Å². The monoisotopic (exact) mass is 335 g/mol. The summed E-state index contributed by atoms with van der Waals surface area (Å²) in [5, 5.41) is 3.66. The van der Waals surface area contributed by atoms with E-state index in [1.165, 1.54) is 5.57 Å². The molecule has 124 valence electrons. The minimum absolute atomic E-state index is 0.0188. The number of urea groups is 1. The first-order valence-electron chi connectivity index (χ1n) is 8.04. The molecule has 0 aromatic heterocycles. The van der Waals surface area contributed by atoms with Gasteiger partial charge in [-0.1, -0.05) is 17.7 Å². The van der Waals surface area contributed by atoms with Crippen LogP contribution in [0.4, 0.5) is 10.5 Å². The number of amides is 2. The van der Waals surface area contributed by atoms with Crippen molar-refractivity contribution in [1.29, 1.82) is 0 Å². The van der Waals surface area contributed by atoms with Crippen LogP contribution in [0.15, 0.2) is 36.0 Å². The fraction of sp³-hybridized carbons (Fsp3) is 0.471. The zero-order valence-electron chi connectivity index (χ0n) is 13.1. The standard InChI is InChI=1S/C17H22ClN3O2/c18-15-2-1-3-16(12-15)20-6-8-21(9-7-20)17(22)19-13-14-4-10-23-11-5-14/h1-3,12-13H,4-11H2,(H,19,22). The van der Waals surface area contributed by atoms with Crippen LogP contribution in [0, 0.1) is 0 Å². The number of piperazine rings is 1. The fourth-order valence-electron chi connectivity index (χ4n) is 2.87. The summed E-state index contributed by atoms with van der Waals surface area (Å²) in [6.07, 6.45) is 3.67. The second-order valence-electron chi connectivity index (χ2n) is 5.82. The summed E-state index contributed by atoms with van der Waals surface area (Å²) in [6.45, 7) is 4.56. The van der Waals surface area contributed by atoms with Crippen molar-refractivity contribution in [2.75, 3.05) is 44.3 Å². The summed E-state index contributed by atoms with van der Waals surface area (Å²) in [6, 6.07) is 7.83. The number of rotatable bonds is 2. The Bertz CT molecular complexity index is 575. The highest BCUT2D eigenvalue weighted by Gasteiger charge is 2.21. The van der Waals surface area contributed by atoms with E-state index < -0.39 is 0 Å². The highest BCUT2D eigenvalue weighted by atomic mass is 35.5. The Labute approximate surface area is 141 Å². The molecule has 2 aliphatic rings. The highest BCUT2D eigenvalue weighted by Crippen LogP contribution is 2.20. The number of carbonyl (C=O) groups is 1. The summed E-state index contributed by atoms with van der Waals surface area (Å²) >= 11 is 6.04. The van der Waals surface area contributed by atoms with Crippen molar-refractivity contribution in [3.63, 3.8) is 0 Å². The average molecular weight is 336 g/mol. The minimum Gasteiger partial charge on any atom is -0.381 e. The van der Waals surface area contributed by atoms with Gasteiger partial charge in [0, 0.05) is 43.1 Å². The second-order valence-corrected chi connectivity index (χ2v) is 6.25. The maximum absolute atomic E-state index is 12.2. The van der Waals surface area contributed by atoms with Gasteiger partial charge >= 0.3 is 6.03 Å². The molecule has 2 aliphatic heterocycles. The van der Waals surface area contributed by atoms with E-state index in [0.29, 0.717) is 13.1 Å². The summed E-state index contributed by atoms with van der Waals surface area (Å²) in [5.74, 6) is 0. The third-order valence-electron chi connectivity index (χ3n) is 4.28. The van der Waals surface area contributed by atoms with Crippen molar-refractivity contribution in [3.05, 3.63) is 41.1 Å². The lowest BCUT2D eigenvalue weighted by atomic mass is 10.1. The van der Waals surface area contributed by atoms with Gasteiger partial charge in [0.05, 0.1) is 13.2 Å². The molecule has 0 unspecified atom stereocenters. The van der Waals surface area contributed by atoms with Gasteiger partial charge in [-0.05, 0) is 36.6 Å². The zero-order chi connectivity index (χ0) is 16.1. The van der Waals surface area contributed by atoms with Crippen LogP contribution in [0.3, 0.4) is 0 Å². The molecule has 0 radical (unpaired) electrons. The summed E-state index contributed by atoms with van der Waals surface area (Å²) in [5.41, 5.74) is 2.36. The largest absolute Gasteiger partial charge is 0.381 e. The molecule has 1 aromatic carbocycles. The van der Waals surface area contributed by atoms with Crippen LogP contribution in [0.1, 0.15) is 12.8 Å². The number of ether oxygens (including phenoxy) is 1. The first-order chi connectivity index (χ1) is 11.2. The Kier molecular flexibility index (Phi) is 5.41. The van der Waals surface area contributed by atoms with E-state index in [9.17, 15) is 4.79 Å². The minimum atomic E-state index is -0.0188. The molecule has 23 heavy (non-hydrogen) atoms. The number of hydrogen-bond acceptors (Lipinski definition) is 3.